The zero-order valence-electron chi connectivity index (χ0n) is 10.6. The third-order valence-electron chi connectivity index (χ3n) is 3.13. The van der Waals surface area contributed by atoms with Crippen molar-refractivity contribution in [2.24, 2.45) is 17.6 Å². The molecule has 18 heavy (non-hydrogen) atoms. The first-order valence-corrected chi connectivity index (χ1v) is 6.98. The van der Waals surface area contributed by atoms with E-state index in [1.54, 1.807) is 11.3 Å². The fourth-order valence-electron chi connectivity index (χ4n) is 1.98. The SMILES string of the molecule is CC(C)C(CN)C(=O)Nc1csc2ccccc12. The molecule has 1 amide bonds. The van der Waals surface area contributed by atoms with Gasteiger partial charge in [0.1, 0.15) is 0 Å². The summed E-state index contributed by atoms with van der Waals surface area (Å²) in [7, 11) is 0. The Morgan fingerprint density at radius 2 is 2.11 bits per heavy atom. The van der Waals surface area contributed by atoms with Gasteiger partial charge < -0.3 is 11.1 Å². The zero-order chi connectivity index (χ0) is 13.1. The van der Waals surface area contributed by atoms with Crippen molar-refractivity contribution in [3.8, 4) is 0 Å². The number of rotatable bonds is 4. The number of fused-ring (bicyclic) bond motifs is 1. The lowest BCUT2D eigenvalue weighted by Gasteiger charge is -2.17. The summed E-state index contributed by atoms with van der Waals surface area (Å²) in [6, 6.07) is 8.06. The van der Waals surface area contributed by atoms with Gasteiger partial charge in [0.2, 0.25) is 5.91 Å². The summed E-state index contributed by atoms with van der Waals surface area (Å²) in [5.41, 5.74) is 6.55. The Bertz CT molecular complexity index is 547. The Morgan fingerprint density at radius 1 is 1.39 bits per heavy atom. The van der Waals surface area contributed by atoms with Gasteiger partial charge in [0.15, 0.2) is 0 Å². The monoisotopic (exact) mass is 262 g/mol. The van der Waals surface area contributed by atoms with E-state index in [1.165, 1.54) is 4.70 Å². The smallest absolute Gasteiger partial charge is 0.229 e. The number of anilines is 1. The van der Waals surface area contributed by atoms with Gasteiger partial charge in [-0.3, -0.25) is 4.79 Å². The van der Waals surface area contributed by atoms with E-state index in [1.807, 2.05) is 37.4 Å². The van der Waals surface area contributed by atoms with E-state index in [-0.39, 0.29) is 17.7 Å². The number of amides is 1. The van der Waals surface area contributed by atoms with Crippen LogP contribution in [0.25, 0.3) is 10.1 Å². The molecule has 2 aromatic rings. The van der Waals surface area contributed by atoms with Crippen LogP contribution >= 0.6 is 11.3 Å². The van der Waals surface area contributed by atoms with E-state index in [0.717, 1.165) is 11.1 Å². The molecule has 0 bridgehead atoms. The lowest BCUT2D eigenvalue weighted by atomic mass is 9.95. The van der Waals surface area contributed by atoms with Crippen LogP contribution in [0.15, 0.2) is 29.6 Å². The second kappa shape index (κ2) is 5.50. The molecule has 0 spiro atoms. The minimum atomic E-state index is -0.135. The Kier molecular flexibility index (Phi) is 3.99. The summed E-state index contributed by atoms with van der Waals surface area (Å²) >= 11 is 1.64. The largest absolute Gasteiger partial charge is 0.330 e. The lowest BCUT2D eigenvalue weighted by Crippen LogP contribution is -2.32. The van der Waals surface area contributed by atoms with Gasteiger partial charge in [0, 0.05) is 22.0 Å². The Labute approximate surface area is 111 Å². The van der Waals surface area contributed by atoms with E-state index in [0.29, 0.717) is 6.54 Å². The van der Waals surface area contributed by atoms with E-state index in [9.17, 15) is 4.79 Å². The lowest BCUT2D eigenvalue weighted by molar-refractivity contribution is -0.120. The molecule has 3 nitrogen and oxygen atoms in total. The van der Waals surface area contributed by atoms with Crippen LogP contribution in [-0.2, 0) is 4.79 Å². The van der Waals surface area contributed by atoms with E-state index >= 15 is 0 Å². The van der Waals surface area contributed by atoms with Crippen molar-refractivity contribution in [1.29, 1.82) is 0 Å². The van der Waals surface area contributed by atoms with Crippen LogP contribution in [0.4, 0.5) is 5.69 Å². The average Bonchev–Trinajstić information content (AvgIpc) is 2.73. The minimum Gasteiger partial charge on any atom is -0.330 e. The molecule has 96 valence electrons. The maximum absolute atomic E-state index is 12.1. The van der Waals surface area contributed by atoms with Crippen LogP contribution in [0.1, 0.15) is 13.8 Å². The maximum atomic E-state index is 12.1. The number of carbonyl (C=O) groups is 1. The Balaban J connectivity index is 2.21. The molecule has 0 saturated heterocycles. The fraction of sp³-hybridized carbons (Fsp3) is 0.357. The molecule has 0 aliphatic rings. The highest BCUT2D eigenvalue weighted by Gasteiger charge is 2.21. The van der Waals surface area contributed by atoms with Crippen molar-refractivity contribution >= 4 is 33.0 Å². The molecule has 3 N–H and O–H groups in total. The number of hydrogen-bond acceptors (Lipinski definition) is 3. The number of nitrogens with two attached hydrogens (primary N) is 1. The molecule has 1 atom stereocenters. The first-order chi connectivity index (χ1) is 8.63. The van der Waals surface area contributed by atoms with Gasteiger partial charge in [-0.25, -0.2) is 0 Å². The van der Waals surface area contributed by atoms with E-state index in [2.05, 4.69) is 11.4 Å². The first kappa shape index (κ1) is 13.1. The van der Waals surface area contributed by atoms with Crippen LogP contribution in [0.2, 0.25) is 0 Å². The number of carbonyl (C=O) groups excluding carboxylic acids is 1. The van der Waals surface area contributed by atoms with Crippen molar-refractivity contribution in [2.75, 3.05) is 11.9 Å². The molecule has 0 saturated carbocycles. The van der Waals surface area contributed by atoms with Crippen molar-refractivity contribution in [1.82, 2.24) is 0 Å². The molecular weight excluding hydrogens is 244 g/mol. The highest BCUT2D eigenvalue weighted by Crippen LogP contribution is 2.30. The highest BCUT2D eigenvalue weighted by molar-refractivity contribution is 7.17. The maximum Gasteiger partial charge on any atom is 0.229 e. The van der Waals surface area contributed by atoms with Gasteiger partial charge in [-0.2, -0.15) is 0 Å². The zero-order valence-corrected chi connectivity index (χ0v) is 11.5. The molecule has 0 radical (unpaired) electrons. The van der Waals surface area contributed by atoms with E-state index in [4.69, 9.17) is 5.73 Å². The summed E-state index contributed by atoms with van der Waals surface area (Å²) in [4.78, 5) is 12.1. The fourth-order valence-corrected chi connectivity index (χ4v) is 2.87. The van der Waals surface area contributed by atoms with Crippen molar-refractivity contribution in [3.05, 3.63) is 29.6 Å². The summed E-state index contributed by atoms with van der Waals surface area (Å²) < 4.78 is 1.18. The van der Waals surface area contributed by atoms with Crippen molar-refractivity contribution in [2.45, 2.75) is 13.8 Å². The third-order valence-corrected chi connectivity index (χ3v) is 4.10. The van der Waals surface area contributed by atoms with Crippen LogP contribution in [-0.4, -0.2) is 12.5 Å². The molecule has 0 aliphatic carbocycles. The Morgan fingerprint density at radius 3 is 2.78 bits per heavy atom. The topological polar surface area (TPSA) is 55.1 Å². The van der Waals surface area contributed by atoms with Gasteiger partial charge in [-0.15, -0.1) is 11.3 Å². The van der Waals surface area contributed by atoms with Crippen molar-refractivity contribution < 1.29 is 4.79 Å². The van der Waals surface area contributed by atoms with Gasteiger partial charge in [0.05, 0.1) is 11.6 Å². The van der Waals surface area contributed by atoms with Gasteiger partial charge in [0.25, 0.3) is 0 Å². The highest BCUT2D eigenvalue weighted by atomic mass is 32.1. The number of hydrogen-bond donors (Lipinski definition) is 2. The second-order valence-corrected chi connectivity index (χ2v) is 5.63. The molecule has 2 rings (SSSR count). The summed E-state index contributed by atoms with van der Waals surface area (Å²) in [6.45, 7) is 4.41. The van der Waals surface area contributed by atoms with Crippen LogP contribution < -0.4 is 11.1 Å². The first-order valence-electron chi connectivity index (χ1n) is 6.10. The van der Waals surface area contributed by atoms with Gasteiger partial charge in [-0.1, -0.05) is 32.0 Å². The standard InChI is InChI=1S/C14H18N2OS/c1-9(2)11(7-15)14(17)16-12-8-18-13-6-4-3-5-10(12)13/h3-6,8-9,11H,7,15H2,1-2H3,(H,16,17). The predicted octanol–water partition coefficient (Wildman–Crippen LogP) is 3.07. The summed E-state index contributed by atoms with van der Waals surface area (Å²) in [6.07, 6.45) is 0. The molecule has 0 fully saturated rings. The predicted molar refractivity (Wildman–Crippen MR) is 77.8 cm³/mol. The van der Waals surface area contributed by atoms with Gasteiger partial charge >= 0.3 is 0 Å². The molecule has 1 heterocycles. The van der Waals surface area contributed by atoms with E-state index < -0.39 is 0 Å². The molecular formula is C14H18N2OS. The molecule has 4 heteroatoms. The van der Waals surface area contributed by atoms with Crippen molar-refractivity contribution in [3.63, 3.8) is 0 Å². The minimum absolute atomic E-state index is 0.0102. The quantitative estimate of drug-likeness (QED) is 0.889. The second-order valence-electron chi connectivity index (χ2n) is 4.72. The average molecular weight is 262 g/mol. The summed E-state index contributed by atoms with van der Waals surface area (Å²) in [5, 5.41) is 6.06. The number of benzene rings is 1. The van der Waals surface area contributed by atoms with Crippen LogP contribution in [0.3, 0.4) is 0 Å². The normalized spacial score (nSPS) is 12.9. The van der Waals surface area contributed by atoms with Crippen LogP contribution in [0, 0.1) is 11.8 Å². The molecule has 1 aromatic carbocycles. The molecule has 1 aromatic heterocycles. The Hall–Kier alpha value is -1.39. The van der Waals surface area contributed by atoms with Crippen LogP contribution in [0.5, 0.6) is 0 Å². The molecule has 0 aliphatic heterocycles. The number of thiophene rings is 1. The number of nitrogens with one attached hydrogen (secondary N) is 1. The third kappa shape index (κ3) is 2.54. The van der Waals surface area contributed by atoms with Gasteiger partial charge in [-0.05, 0) is 12.0 Å². The summed E-state index contributed by atoms with van der Waals surface area (Å²) in [5.74, 6) is 0.125. The molecule has 1 unspecified atom stereocenters.